The molecule has 25 heavy (non-hydrogen) atoms. The molecular formula is C17H18FNO5S. The van der Waals surface area contributed by atoms with Crippen molar-refractivity contribution in [2.75, 3.05) is 13.1 Å². The predicted octanol–water partition coefficient (Wildman–Crippen LogP) is 2.24. The molecule has 3 rings (SSSR count). The minimum Gasteiger partial charge on any atom is -0.489 e. The molecule has 0 bridgehead atoms. The fraction of sp³-hybridized carbons (Fsp3) is 0.353. The molecule has 6 nitrogen and oxygen atoms in total. The molecule has 0 amide bonds. The summed E-state index contributed by atoms with van der Waals surface area (Å²) in [7, 11) is -3.72. The van der Waals surface area contributed by atoms with Crippen LogP contribution in [-0.2, 0) is 10.0 Å². The fourth-order valence-corrected chi connectivity index (χ4v) is 4.58. The highest BCUT2D eigenvalue weighted by Crippen LogP contribution is 2.26. The Labute approximate surface area is 144 Å². The Kier molecular flexibility index (Phi) is 4.66. The monoisotopic (exact) mass is 367 g/mol. The van der Waals surface area contributed by atoms with Crippen LogP contribution in [0.4, 0.5) is 4.39 Å². The topological polar surface area (TPSA) is 76.8 Å². The lowest BCUT2D eigenvalue weighted by Crippen LogP contribution is -2.31. The highest BCUT2D eigenvalue weighted by Gasteiger charge is 2.34. The van der Waals surface area contributed by atoms with Gasteiger partial charge in [0.05, 0.1) is 17.5 Å². The highest BCUT2D eigenvalue weighted by atomic mass is 32.2. The van der Waals surface area contributed by atoms with Crippen LogP contribution in [0.3, 0.4) is 0 Å². The van der Waals surface area contributed by atoms with Crippen LogP contribution in [0.25, 0.3) is 0 Å². The highest BCUT2D eigenvalue weighted by molar-refractivity contribution is 7.89. The first kappa shape index (κ1) is 17.6. The number of hydrogen-bond acceptors (Lipinski definition) is 5. The van der Waals surface area contributed by atoms with Crippen molar-refractivity contribution in [3.63, 3.8) is 0 Å². The summed E-state index contributed by atoms with van der Waals surface area (Å²) in [6.07, 6.45) is 0.135. The van der Waals surface area contributed by atoms with Crippen LogP contribution < -0.4 is 10.4 Å². The molecule has 8 heteroatoms. The smallest absolute Gasteiger partial charge is 0.339 e. The molecular weight excluding hydrogens is 349 g/mol. The van der Waals surface area contributed by atoms with Crippen molar-refractivity contribution in [1.29, 1.82) is 0 Å². The summed E-state index contributed by atoms with van der Waals surface area (Å²) in [5.41, 5.74) is -0.153. The van der Waals surface area contributed by atoms with Gasteiger partial charge >= 0.3 is 5.63 Å². The molecule has 1 unspecified atom stereocenters. The Morgan fingerprint density at radius 2 is 2.00 bits per heavy atom. The maximum atomic E-state index is 13.2. The third-order valence-corrected chi connectivity index (χ3v) is 6.06. The van der Waals surface area contributed by atoms with E-state index in [4.69, 9.17) is 9.15 Å². The van der Waals surface area contributed by atoms with Crippen LogP contribution in [0.5, 0.6) is 5.75 Å². The molecule has 0 saturated carbocycles. The standard InChI is InChI=1S/C17H18FNO5S/c1-11-7-13(18)3-4-16(11)25(21,22)19-6-5-14(10-19)24-15-8-12(2)23-17(20)9-15/h3-4,7-9,14H,5-6,10H2,1-2H3. The minimum atomic E-state index is -3.72. The Balaban J connectivity index is 1.76. The number of sulfonamides is 1. The van der Waals surface area contributed by atoms with Crippen molar-refractivity contribution >= 4 is 10.0 Å². The van der Waals surface area contributed by atoms with Crippen molar-refractivity contribution < 1.29 is 22.0 Å². The Morgan fingerprint density at radius 3 is 2.68 bits per heavy atom. The van der Waals surface area contributed by atoms with E-state index in [-0.39, 0.29) is 17.5 Å². The third-order valence-electron chi connectivity index (χ3n) is 4.03. The summed E-state index contributed by atoms with van der Waals surface area (Å²) in [5, 5.41) is 0. The Bertz CT molecular complexity index is 954. The van der Waals surface area contributed by atoms with E-state index in [9.17, 15) is 17.6 Å². The number of hydrogen-bond donors (Lipinski definition) is 0. The van der Waals surface area contributed by atoms with Crippen LogP contribution in [0, 0.1) is 19.7 Å². The van der Waals surface area contributed by atoms with Crippen molar-refractivity contribution in [2.45, 2.75) is 31.3 Å². The molecule has 1 saturated heterocycles. The van der Waals surface area contributed by atoms with Gasteiger partial charge in [-0.15, -0.1) is 0 Å². The molecule has 0 spiro atoms. The van der Waals surface area contributed by atoms with Gasteiger partial charge in [0.15, 0.2) is 0 Å². The van der Waals surface area contributed by atoms with Gasteiger partial charge in [-0.1, -0.05) is 0 Å². The molecule has 0 N–H and O–H groups in total. The molecule has 0 aliphatic carbocycles. The van der Waals surface area contributed by atoms with Crippen LogP contribution in [0.15, 0.2) is 44.4 Å². The van der Waals surface area contributed by atoms with E-state index in [1.165, 1.54) is 22.5 Å². The maximum Gasteiger partial charge on any atom is 0.339 e. The molecule has 1 atom stereocenters. The Morgan fingerprint density at radius 1 is 1.24 bits per heavy atom. The maximum absolute atomic E-state index is 13.2. The summed E-state index contributed by atoms with van der Waals surface area (Å²) >= 11 is 0. The fourth-order valence-electron chi connectivity index (χ4n) is 2.89. The van der Waals surface area contributed by atoms with Gasteiger partial charge in [-0.25, -0.2) is 17.6 Å². The first-order valence-electron chi connectivity index (χ1n) is 7.80. The van der Waals surface area contributed by atoms with Crippen molar-refractivity contribution in [2.24, 2.45) is 0 Å². The minimum absolute atomic E-state index is 0.0887. The zero-order chi connectivity index (χ0) is 18.2. The van der Waals surface area contributed by atoms with Gasteiger partial charge in [0, 0.05) is 12.6 Å². The van der Waals surface area contributed by atoms with Gasteiger partial charge in [-0.3, -0.25) is 0 Å². The average molecular weight is 367 g/mol. The van der Waals surface area contributed by atoms with E-state index in [1.54, 1.807) is 19.9 Å². The summed E-state index contributed by atoms with van der Waals surface area (Å²) in [6.45, 7) is 3.66. The van der Waals surface area contributed by atoms with Crippen molar-refractivity contribution in [1.82, 2.24) is 4.31 Å². The summed E-state index contributed by atoms with van der Waals surface area (Å²) < 4.78 is 50.6. The average Bonchev–Trinajstić information content (AvgIpc) is 2.95. The summed E-state index contributed by atoms with van der Waals surface area (Å²) in [4.78, 5) is 11.5. The largest absolute Gasteiger partial charge is 0.489 e. The Hall–Kier alpha value is -2.19. The van der Waals surface area contributed by atoms with Crippen molar-refractivity contribution in [3.05, 3.63) is 57.9 Å². The lowest BCUT2D eigenvalue weighted by atomic mass is 10.2. The van der Waals surface area contributed by atoms with Gasteiger partial charge < -0.3 is 9.15 Å². The second-order valence-electron chi connectivity index (χ2n) is 6.02. The molecule has 1 aromatic carbocycles. The number of nitrogens with zero attached hydrogens (tertiary/aromatic N) is 1. The predicted molar refractivity (Wildman–Crippen MR) is 88.6 cm³/mol. The summed E-state index contributed by atoms with van der Waals surface area (Å²) in [6, 6.07) is 6.43. The zero-order valence-electron chi connectivity index (χ0n) is 13.9. The second-order valence-corrected chi connectivity index (χ2v) is 7.93. The first-order chi connectivity index (χ1) is 11.8. The molecule has 1 aliphatic heterocycles. The van der Waals surface area contributed by atoms with Gasteiger partial charge in [0.25, 0.3) is 0 Å². The van der Waals surface area contributed by atoms with E-state index in [2.05, 4.69) is 0 Å². The quantitative estimate of drug-likeness (QED) is 0.828. The van der Waals surface area contributed by atoms with E-state index >= 15 is 0 Å². The number of halogens is 1. The number of rotatable bonds is 4. The molecule has 1 fully saturated rings. The third kappa shape index (κ3) is 3.74. The molecule has 2 heterocycles. The van der Waals surface area contributed by atoms with E-state index in [0.717, 1.165) is 6.07 Å². The summed E-state index contributed by atoms with van der Waals surface area (Å²) in [5.74, 6) is 0.306. The van der Waals surface area contributed by atoms with Crippen molar-refractivity contribution in [3.8, 4) is 5.75 Å². The van der Waals surface area contributed by atoms with Gasteiger partial charge in [-0.2, -0.15) is 4.31 Å². The van der Waals surface area contributed by atoms with Crippen LogP contribution >= 0.6 is 0 Å². The zero-order valence-corrected chi connectivity index (χ0v) is 14.7. The first-order valence-corrected chi connectivity index (χ1v) is 9.24. The van der Waals surface area contributed by atoms with Gasteiger partial charge in [0.2, 0.25) is 10.0 Å². The SMILES string of the molecule is Cc1cc(OC2CCN(S(=O)(=O)c3ccc(F)cc3C)C2)cc(=O)o1. The van der Waals surface area contributed by atoms with E-state index < -0.39 is 21.5 Å². The van der Waals surface area contributed by atoms with Gasteiger partial charge in [0.1, 0.15) is 23.4 Å². The van der Waals surface area contributed by atoms with E-state index in [0.29, 0.717) is 30.0 Å². The molecule has 1 aliphatic rings. The number of benzene rings is 1. The normalized spacial score (nSPS) is 18.4. The van der Waals surface area contributed by atoms with Crippen LogP contribution in [0.2, 0.25) is 0 Å². The molecule has 0 radical (unpaired) electrons. The van der Waals surface area contributed by atoms with E-state index in [1.807, 2.05) is 0 Å². The van der Waals surface area contributed by atoms with Crippen LogP contribution in [-0.4, -0.2) is 31.9 Å². The number of ether oxygens (including phenoxy) is 1. The van der Waals surface area contributed by atoms with Crippen LogP contribution in [0.1, 0.15) is 17.7 Å². The van der Waals surface area contributed by atoms with Gasteiger partial charge in [-0.05, 0) is 44.0 Å². The molecule has 134 valence electrons. The number of aryl methyl sites for hydroxylation is 2. The lowest BCUT2D eigenvalue weighted by Gasteiger charge is -2.18. The molecule has 2 aromatic rings. The second kappa shape index (κ2) is 6.61. The lowest BCUT2D eigenvalue weighted by molar-refractivity contribution is 0.213. The molecule has 1 aromatic heterocycles.